The summed E-state index contributed by atoms with van der Waals surface area (Å²) in [7, 11) is 5.05. The highest BCUT2D eigenvalue weighted by Crippen LogP contribution is 2.39. The summed E-state index contributed by atoms with van der Waals surface area (Å²) >= 11 is 0. The molecule has 18 nitrogen and oxygen atoms in total. The van der Waals surface area contributed by atoms with Gasteiger partial charge in [0.1, 0.15) is 35.6 Å². The van der Waals surface area contributed by atoms with Crippen LogP contribution in [0, 0.1) is 33.8 Å². The van der Waals surface area contributed by atoms with Crippen LogP contribution in [0.15, 0.2) is 24.3 Å². The van der Waals surface area contributed by atoms with Crippen molar-refractivity contribution < 1.29 is 62.8 Å². The molecule has 1 aromatic carbocycles. The van der Waals surface area contributed by atoms with Crippen LogP contribution in [-0.4, -0.2) is 138 Å². The number of esters is 1. The summed E-state index contributed by atoms with van der Waals surface area (Å²) in [4.78, 5) is 80.2. The van der Waals surface area contributed by atoms with Crippen molar-refractivity contribution in [1.29, 1.82) is 0 Å². The van der Waals surface area contributed by atoms with Crippen LogP contribution < -0.4 is 10.6 Å². The second-order valence-electron chi connectivity index (χ2n) is 16.2. The molecule has 0 aromatic heterocycles. The highest BCUT2D eigenvalue weighted by molar-refractivity contribution is 6.00. The van der Waals surface area contributed by atoms with E-state index in [1.165, 1.54) is 52.1 Å². The number of nitrogens with one attached hydrogen (secondary N) is 2. The molecule has 0 saturated carbocycles. The summed E-state index contributed by atoms with van der Waals surface area (Å²) in [5.41, 5.74) is -3.57. The summed E-state index contributed by atoms with van der Waals surface area (Å²) in [6.07, 6.45) is -7.25. The van der Waals surface area contributed by atoms with E-state index in [0.29, 0.717) is 6.42 Å². The maximum atomic E-state index is 14.3. The molecule has 13 atom stereocenters. The van der Waals surface area contributed by atoms with Gasteiger partial charge in [0.15, 0.2) is 12.1 Å². The molecule has 0 unspecified atom stereocenters. The highest BCUT2D eigenvalue weighted by Gasteiger charge is 2.53. The Balaban J connectivity index is 1.92. The number of hydrogen-bond donors (Lipinski definition) is 4. The molecule has 326 valence electrons. The van der Waals surface area contributed by atoms with E-state index in [0.717, 1.165) is 0 Å². The molecule has 0 bridgehead atoms. The number of ether oxygens (including phenoxy) is 5. The predicted octanol–water partition coefficient (Wildman–Crippen LogP) is 2.79. The number of ketones is 2. The molecule has 1 aromatic rings. The first-order valence-electron chi connectivity index (χ1n) is 19.7. The van der Waals surface area contributed by atoms with E-state index in [2.05, 4.69) is 10.6 Å². The number of amides is 2. The van der Waals surface area contributed by atoms with Gasteiger partial charge in [0.05, 0.1) is 28.7 Å². The zero-order valence-corrected chi connectivity index (χ0v) is 35.4. The normalized spacial score (nSPS) is 35.4. The number of aliphatic hydroxyl groups excluding tert-OH is 1. The number of methoxy groups -OCH3 is 1. The molecule has 3 rings (SSSR count). The Kier molecular flexibility index (Phi) is 16.9. The molecule has 2 fully saturated rings. The fourth-order valence-corrected chi connectivity index (χ4v) is 7.97. The Morgan fingerprint density at radius 3 is 2.12 bits per heavy atom. The van der Waals surface area contributed by atoms with E-state index in [9.17, 15) is 44.3 Å². The minimum atomic E-state index is -2.15. The molecule has 2 aliphatic heterocycles. The molecule has 2 aliphatic rings. The lowest BCUT2D eigenvalue weighted by Crippen LogP contribution is -2.60. The van der Waals surface area contributed by atoms with Gasteiger partial charge in [-0.05, 0) is 73.2 Å². The fraction of sp³-hybridized carbons (Fsp3) is 0.725. The second kappa shape index (κ2) is 20.3. The third-order valence-corrected chi connectivity index (χ3v) is 11.5. The van der Waals surface area contributed by atoms with Crippen LogP contribution in [0.25, 0.3) is 0 Å². The van der Waals surface area contributed by atoms with Gasteiger partial charge in [-0.1, -0.05) is 27.7 Å². The van der Waals surface area contributed by atoms with Crippen LogP contribution in [0.3, 0.4) is 0 Å². The third-order valence-electron chi connectivity index (χ3n) is 11.5. The van der Waals surface area contributed by atoms with E-state index in [1.807, 2.05) is 25.9 Å². The summed E-state index contributed by atoms with van der Waals surface area (Å²) in [5, 5.41) is 39.4. The average Bonchev–Trinajstić information content (AvgIpc) is 3.18. The van der Waals surface area contributed by atoms with Crippen LogP contribution in [0.5, 0.6) is 0 Å². The van der Waals surface area contributed by atoms with E-state index in [1.54, 1.807) is 27.7 Å². The number of nitro groups is 1. The van der Waals surface area contributed by atoms with Crippen molar-refractivity contribution in [2.75, 3.05) is 34.3 Å². The highest BCUT2D eigenvalue weighted by atomic mass is 16.7. The Morgan fingerprint density at radius 1 is 0.983 bits per heavy atom. The quantitative estimate of drug-likeness (QED) is 0.0825. The molecule has 58 heavy (non-hydrogen) atoms. The zero-order valence-electron chi connectivity index (χ0n) is 35.4. The number of likely N-dealkylation sites (N-methyl/N-ethyl adjacent to an activating group) is 1. The molecule has 0 spiro atoms. The Bertz CT molecular complexity index is 1620. The van der Waals surface area contributed by atoms with E-state index in [4.69, 9.17) is 23.7 Å². The molecule has 4 N–H and O–H groups in total. The van der Waals surface area contributed by atoms with Gasteiger partial charge in [-0.2, -0.15) is 0 Å². The topological polar surface area (TPSA) is 242 Å². The minimum Gasteiger partial charge on any atom is -0.459 e. The van der Waals surface area contributed by atoms with Crippen molar-refractivity contribution in [3.8, 4) is 0 Å². The van der Waals surface area contributed by atoms with Crippen molar-refractivity contribution in [1.82, 2.24) is 15.5 Å². The van der Waals surface area contributed by atoms with Crippen molar-refractivity contribution >= 4 is 35.2 Å². The standard InChI is InChI=1S/C40H62N4O14/c1-12-29-40(8,51)34(58-38(50)42-18-17-41-35(48)26-13-15-27(16-14-26)44(52)53)23(4)30(45)21(2)20-39(7,54-11)33(24(5)31(46)25(6)36(49)56-29)57-37-32(47)28(43(9)10)19-22(3)55-37/h13-16,21-25,28-29,32-34,37,47,51H,12,17-20H2,1-11H3,(H,41,48)(H,42,50)/t21-,22-,23+,24+,25-,28+,29-,32-,33-,34-,37+,39-,40-/m1/s1. The third kappa shape index (κ3) is 11.4. The molecule has 18 heteroatoms. The molecule has 2 amide bonds. The number of non-ortho nitro benzene ring substituents is 1. The van der Waals surface area contributed by atoms with Gasteiger partial charge < -0.3 is 49.4 Å². The number of cyclic esters (lactones) is 1. The van der Waals surface area contributed by atoms with Crippen molar-refractivity contribution in [2.24, 2.45) is 23.7 Å². The number of Topliss-reactive ketones (excluding diaryl/α,β-unsaturated/α-hetero) is 2. The second-order valence-corrected chi connectivity index (χ2v) is 16.2. The summed E-state index contributed by atoms with van der Waals surface area (Å²) in [5.74, 6) is -6.97. The lowest BCUT2D eigenvalue weighted by molar-refractivity contribution is -0.384. The van der Waals surface area contributed by atoms with E-state index >= 15 is 0 Å². The minimum absolute atomic E-state index is 0.0113. The number of rotatable bonds is 11. The van der Waals surface area contributed by atoms with Crippen molar-refractivity contribution in [3.05, 3.63) is 39.9 Å². The lowest BCUT2D eigenvalue weighted by Gasteiger charge is -2.47. The molecular formula is C40H62N4O14. The number of carbonyl (C=O) groups is 5. The lowest BCUT2D eigenvalue weighted by atomic mass is 9.74. The molecule has 0 aliphatic carbocycles. The molecule has 2 saturated heterocycles. The van der Waals surface area contributed by atoms with Gasteiger partial charge in [-0.25, -0.2) is 4.79 Å². The number of hydrogen-bond acceptors (Lipinski definition) is 15. The van der Waals surface area contributed by atoms with Gasteiger partial charge >= 0.3 is 12.1 Å². The summed E-state index contributed by atoms with van der Waals surface area (Å²) in [6.45, 7) is 12.3. The summed E-state index contributed by atoms with van der Waals surface area (Å²) in [6, 6.07) is 4.61. The van der Waals surface area contributed by atoms with Crippen LogP contribution in [0.4, 0.5) is 10.5 Å². The van der Waals surface area contributed by atoms with Crippen molar-refractivity contribution in [3.63, 3.8) is 0 Å². The average molecular weight is 823 g/mol. The SMILES string of the molecule is CC[C@H]1OC(=O)[C@H](C)C(=O)[C@H](C)[C@@H](O[C@@H]2O[C@H](C)C[C@H](N(C)C)[C@H]2O)[C@](C)(OC)C[C@@H](C)C(=O)[C@H](C)[C@@H](OC(=O)NCCNC(=O)c2ccc([N+](=O)[O-])cc2)[C@]1(C)O. The van der Waals surface area contributed by atoms with Gasteiger partial charge in [-0.15, -0.1) is 0 Å². The molecule has 2 heterocycles. The number of nitro benzene ring substituents is 1. The smallest absolute Gasteiger partial charge is 0.407 e. The number of carbonyl (C=O) groups excluding carboxylic acids is 5. The van der Waals surface area contributed by atoms with Crippen LogP contribution in [0.1, 0.15) is 85.0 Å². The fourth-order valence-electron chi connectivity index (χ4n) is 7.97. The van der Waals surface area contributed by atoms with Gasteiger partial charge in [0, 0.05) is 55.8 Å². The largest absolute Gasteiger partial charge is 0.459 e. The van der Waals surface area contributed by atoms with Crippen LogP contribution >= 0.6 is 0 Å². The molecular weight excluding hydrogens is 760 g/mol. The van der Waals surface area contributed by atoms with Gasteiger partial charge in [-0.3, -0.25) is 29.3 Å². The van der Waals surface area contributed by atoms with Crippen LogP contribution in [0.2, 0.25) is 0 Å². The van der Waals surface area contributed by atoms with Crippen molar-refractivity contribution in [2.45, 2.75) is 129 Å². The number of alkyl carbamates (subject to hydrolysis) is 1. The maximum Gasteiger partial charge on any atom is 0.407 e. The Labute approximate surface area is 339 Å². The number of nitrogens with zero attached hydrogens (tertiary/aromatic N) is 2. The zero-order chi connectivity index (χ0) is 43.9. The van der Waals surface area contributed by atoms with E-state index < -0.39 is 100 Å². The molecule has 0 radical (unpaired) electrons. The first-order valence-corrected chi connectivity index (χ1v) is 19.7. The van der Waals surface area contributed by atoms with Gasteiger partial charge in [0.2, 0.25) is 0 Å². The Hall–Kier alpha value is -4.07. The maximum absolute atomic E-state index is 14.3. The first-order chi connectivity index (χ1) is 27.0. The summed E-state index contributed by atoms with van der Waals surface area (Å²) < 4.78 is 30.1. The number of benzene rings is 1. The van der Waals surface area contributed by atoms with Crippen LogP contribution in [-0.2, 0) is 38.1 Å². The monoisotopic (exact) mass is 822 g/mol. The Morgan fingerprint density at radius 2 is 1.57 bits per heavy atom. The van der Waals surface area contributed by atoms with E-state index in [-0.39, 0.29) is 49.3 Å². The first kappa shape index (κ1) is 48.3. The predicted molar refractivity (Wildman–Crippen MR) is 209 cm³/mol. The van der Waals surface area contributed by atoms with Gasteiger partial charge in [0.25, 0.3) is 11.6 Å². The number of aliphatic hydroxyl groups is 2.